The maximum absolute atomic E-state index is 13.4. The molecule has 92 valence electrons. The molecular weight excluding hydrogens is 261 g/mol. The molecule has 0 aliphatic heterocycles. The van der Waals surface area contributed by atoms with Crippen molar-refractivity contribution in [2.24, 2.45) is 0 Å². The Kier molecular flexibility index (Phi) is 3.38. The van der Waals surface area contributed by atoms with Gasteiger partial charge in [0.25, 0.3) is 11.5 Å². The van der Waals surface area contributed by atoms with Gasteiger partial charge in [-0.3, -0.25) is 9.59 Å². The van der Waals surface area contributed by atoms with Crippen LogP contribution >= 0.6 is 11.6 Å². The zero-order chi connectivity index (χ0) is 13.1. The summed E-state index contributed by atoms with van der Waals surface area (Å²) in [6.45, 7) is 0. The van der Waals surface area contributed by atoms with E-state index in [4.69, 9.17) is 11.6 Å². The van der Waals surface area contributed by atoms with Crippen molar-refractivity contribution in [1.82, 2.24) is 10.2 Å². The molecular formula is C11H7ClFN3O2. The van der Waals surface area contributed by atoms with E-state index >= 15 is 0 Å². The van der Waals surface area contributed by atoms with Gasteiger partial charge in [-0.25, -0.2) is 9.49 Å². The highest BCUT2D eigenvalue weighted by Crippen LogP contribution is 2.15. The minimum atomic E-state index is -0.699. The van der Waals surface area contributed by atoms with Gasteiger partial charge < -0.3 is 5.32 Å². The summed E-state index contributed by atoms with van der Waals surface area (Å²) in [6.07, 6.45) is 0. The fraction of sp³-hybridized carbons (Fsp3) is 0. The number of hydrogen-bond donors (Lipinski definition) is 2. The number of benzene rings is 1. The number of rotatable bonds is 2. The molecule has 0 bridgehead atoms. The highest BCUT2D eigenvalue weighted by Gasteiger charge is 2.12. The Bertz CT molecular complexity index is 636. The van der Waals surface area contributed by atoms with E-state index in [1.807, 2.05) is 0 Å². The average Bonchev–Trinajstić information content (AvgIpc) is 2.35. The van der Waals surface area contributed by atoms with Crippen LogP contribution in [0.25, 0.3) is 0 Å². The molecule has 2 rings (SSSR count). The maximum atomic E-state index is 13.4. The van der Waals surface area contributed by atoms with E-state index in [9.17, 15) is 14.0 Å². The van der Waals surface area contributed by atoms with Crippen LogP contribution < -0.4 is 10.9 Å². The van der Waals surface area contributed by atoms with Gasteiger partial charge in [0.2, 0.25) is 0 Å². The molecule has 2 aromatic rings. The normalized spacial score (nSPS) is 10.1. The van der Waals surface area contributed by atoms with E-state index in [0.29, 0.717) is 0 Å². The third-order valence-electron chi connectivity index (χ3n) is 2.09. The predicted octanol–water partition coefficient (Wildman–Crippen LogP) is 1.81. The maximum Gasteiger partial charge on any atom is 0.264 e. The average molecular weight is 268 g/mol. The molecule has 0 saturated heterocycles. The monoisotopic (exact) mass is 267 g/mol. The lowest BCUT2D eigenvalue weighted by Gasteiger charge is -2.04. The van der Waals surface area contributed by atoms with Crippen LogP contribution in [-0.4, -0.2) is 16.1 Å². The number of anilines is 1. The van der Waals surface area contributed by atoms with Crippen LogP contribution in [0.2, 0.25) is 5.02 Å². The molecule has 0 fully saturated rings. The second kappa shape index (κ2) is 4.97. The third kappa shape index (κ3) is 2.72. The third-order valence-corrected chi connectivity index (χ3v) is 2.33. The van der Waals surface area contributed by atoms with Gasteiger partial charge in [-0.15, -0.1) is 0 Å². The molecule has 0 unspecified atom stereocenters. The summed E-state index contributed by atoms with van der Waals surface area (Å²) >= 11 is 5.67. The van der Waals surface area contributed by atoms with E-state index in [1.165, 1.54) is 24.3 Å². The molecule has 0 radical (unpaired) electrons. The first-order chi connectivity index (χ1) is 8.56. The number of hydrogen-bond acceptors (Lipinski definition) is 3. The molecule has 0 aliphatic carbocycles. The van der Waals surface area contributed by atoms with Gasteiger partial charge in [0.15, 0.2) is 5.82 Å². The van der Waals surface area contributed by atoms with Crippen LogP contribution in [0.1, 0.15) is 10.4 Å². The molecule has 1 amide bonds. The molecule has 0 saturated carbocycles. The number of nitrogens with one attached hydrogen (secondary N) is 2. The zero-order valence-corrected chi connectivity index (χ0v) is 9.66. The van der Waals surface area contributed by atoms with Gasteiger partial charge in [-0.2, -0.15) is 5.10 Å². The zero-order valence-electron chi connectivity index (χ0n) is 8.91. The second-order valence-electron chi connectivity index (χ2n) is 3.38. The minimum Gasteiger partial charge on any atom is -0.305 e. The second-order valence-corrected chi connectivity index (χ2v) is 3.82. The van der Waals surface area contributed by atoms with E-state index in [2.05, 4.69) is 15.5 Å². The highest BCUT2D eigenvalue weighted by molar-refractivity contribution is 6.31. The van der Waals surface area contributed by atoms with Crippen molar-refractivity contribution in [3.8, 4) is 0 Å². The van der Waals surface area contributed by atoms with Crippen molar-refractivity contribution >= 4 is 23.3 Å². The highest BCUT2D eigenvalue weighted by atomic mass is 35.5. The summed E-state index contributed by atoms with van der Waals surface area (Å²) in [5.74, 6) is -1.28. The number of H-pyrrole nitrogens is 1. The van der Waals surface area contributed by atoms with Gasteiger partial charge in [0.1, 0.15) is 5.82 Å². The predicted molar refractivity (Wildman–Crippen MR) is 64.2 cm³/mol. The summed E-state index contributed by atoms with van der Waals surface area (Å²) < 4.78 is 13.4. The first-order valence-electron chi connectivity index (χ1n) is 4.88. The standard InChI is InChI=1S/C11H7ClFN3O2/c12-6-1-2-8(13)7(5-6)11(18)14-9-3-4-10(17)16-15-9/h1-5H,(H,16,17)(H,14,15,18). The molecule has 5 nitrogen and oxygen atoms in total. The summed E-state index contributed by atoms with van der Waals surface area (Å²) in [6, 6.07) is 6.14. The molecule has 2 N–H and O–H groups in total. The fourth-order valence-electron chi connectivity index (χ4n) is 1.27. The van der Waals surface area contributed by atoms with Crippen molar-refractivity contribution in [2.75, 3.05) is 5.32 Å². The van der Waals surface area contributed by atoms with Crippen molar-refractivity contribution in [2.45, 2.75) is 0 Å². The van der Waals surface area contributed by atoms with Crippen LogP contribution in [0.4, 0.5) is 10.2 Å². The van der Waals surface area contributed by atoms with Crippen molar-refractivity contribution < 1.29 is 9.18 Å². The SMILES string of the molecule is O=C(Nc1ccc(=O)[nH]n1)c1cc(Cl)ccc1F. The fourth-order valence-corrected chi connectivity index (χ4v) is 1.44. The van der Waals surface area contributed by atoms with Gasteiger partial charge in [-0.1, -0.05) is 11.6 Å². The Hall–Kier alpha value is -2.21. The number of aromatic amines is 1. The van der Waals surface area contributed by atoms with Gasteiger partial charge in [0.05, 0.1) is 5.56 Å². The van der Waals surface area contributed by atoms with Crippen molar-refractivity contribution in [3.63, 3.8) is 0 Å². The molecule has 18 heavy (non-hydrogen) atoms. The van der Waals surface area contributed by atoms with E-state index in [-0.39, 0.29) is 16.4 Å². The first kappa shape index (κ1) is 12.3. The first-order valence-corrected chi connectivity index (χ1v) is 5.26. The largest absolute Gasteiger partial charge is 0.305 e. The van der Waals surface area contributed by atoms with E-state index in [1.54, 1.807) is 0 Å². The quantitative estimate of drug-likeness (QED) is 0.871. The molecule has 0 atom stereocenters. The van der Waals surface area contributed by atoms with E-state index < -0.39 is 17.3 Å². The Morgan fingerprint density at radius 1 is 1.33 bits per heavy atom. The van der Waals surface area contributed by atoms with Crippen LogP contribution in [-0.2, 0) is 0 Å². The lowest BCUT2D eigenvalue weighted by molar-refractivity contribution is 0.102. The summed E-state index contributed by atoms with van der Waals surface area (Å²) in [5.41, 5.74) is -0.600. The summed E-state index contributed by atoms with van der Waals surface area (Å²) in [5, 5.41) is 8.29. The Morgan fingerprint density at radius 2 is 2.11 bits per heavy atom. The minimum absolute atomic E-state index is 0.110. The molecule has 1 aromatic carbocycles. The summed E-state index contributed by atoms with van der Waals surface area (Å²) in [7, 11) is 0. The number of halogens is 2. The van der Waals surface area contributed by atoms with Gasteiger partial charge in [0, 0.05) is 11.1 Å². The Balaban J connectivity index is 2.24. The lowest BCUT2D eigenvalue weighted by atomic mass is 10.2. The smallest absolute Gasteiger partial charge is 0.264 e. The number of carbonyl (C=O) groups excluding carboxylic acids is 1. The topological polar surface area (TPSA) is 74.8 Å². The van der Waals surface area contributed by atoms with Crippen LogP contribution in [0.5, 0.6) is 0 Å². The van der Waals surface area contributed by atoms with Crippen LogP contribution in [0, 0.1) is 5.82 Å². The lowest BCUT2D eigenvalue weighted by Crippen LogP contribution is -2.16. The molecule has 1 aromatic heterocycles. The Labute approximate surface area is 106 Å². The van der Waals surface area contributed by atoms with Crippen molar-refractivity contribution in [3.05, 3.63) is 57.1 Å². The number of amides is 1. The molecule has 7 heteroatoms. The molecule has 1 heterocycles. The number of carbonyl (C=O) groups is 1. The van der Waals surface area contributed by atoms with Crippen molar-refractivity contribution in [1.29, 1.82) is 0 Å². The van der Waals surface area contributed by atoms with E-state index in [0.717, 1.165) is 6.07 Å². The number of aromatic nitrogens is 2. The van der Waals surface area contributed by atoms with Crippen LogP contribution in [0.3, 0.4) is 0 Å². The van der Waals surface area contributed by atoms with Crippen LogP contribution in [0.15, 0.2) is 35.1 Å². The molecule has 0 aliphatic rings. The van der Waals surface area contributed by atoms with Gasteiger partial charge in [-0.05, 0) is 24.3 Å². The number of nitrogens with zero attached hydrogens (tertiary/aromatic N) is 1. The molecule has 0 spiro atoms. The summed E-state index contributed by atoms with van der Waals surface area (Å²) in [4.78, 5) is 22.5. The Morgan fingerprint density at radius 3 is 2.78 bits per heavy atom. The van der Waals surface area contributed by atoms with Gasteiger partial charge >= 0.3 is 0 Å².